The van der Waals surface area contributed by atoms with Crippen molar-refractivity contribution >= 4 is 5.91 Å². The summed E-state index contributed by atoms with van der Waals surface area (Å²) in [7, 11) is 1.66. The molecule has 4 rings (SSSR count). The molecule has 3 heterocycles. The van der Waals surface area contributed by atoms with Crippen LogP contribution in [0.4, 0.5) is 0 Å². The molecule has 138 valence electrons. The topological polar surface area (TPSA) is 69.4 Å². The summed E-state index contributed by atoms with van der Waals surface area (Å²) >= 11 is 0. The Morgan fingerprint density at radius 2 is 2.00 bits per heavy atom. The highest BCUT2D eigenvalue weighted by Gasteiger charge is 2.38. The van der Waals surface area contributed by atoms with Gasteiger partial charge in [-0.3, -0.25) is 9.36 Å². The molecule has 0 bridgehead atoms. The summed E-state index contributed by atoms with van der Waals surface area (Å²) < 4.78 is 8.34. The van der Waals surface area contributed by atoms with Crippen LogP contribution < -0.4 is 5.69 Å². The van der Waals surface area contributed by atoms with Crippen LogP contribution in [0.3, 0.4) is 0 Å². The van der Waals surface area contributed by atoms with Crippen LogP contribution in [0.1, 0.15) is 35.8 Å². The average Bonchev–Trinajstić information content (AvgIpc) is 2.92. The number of ether oxygens (including phenoxy) is 1. The highest BCUT2D eigenvalue weighted by atomic mass is 16.5. The number of hydrogen-bond donors (Lipinski definition) is 0. The lowest BCUT2D eigenvalue weighted by Gasteiger charge is -2.40. The number of benzene rings is 1. The number of fused-ring (bicyclic) bond motifs is 1. The van der Waals surface area contributed by atoms with E-state index in [0.717, 1.165) is 24.2 Å². The predicted molar refractivity (Wildman–Crippen MR) is 96.1 cm³/mol. The highest BCUT2D eigenvalue weighted by molar-refractivity contribution is 5.81. The number of amides is 1. The highest BCUT2D eigenvalue weighted by Crippen LogP contribution is 2.26. The molecule has 2 aliphatic rings. The van der Waals surface area contributed by atoms with Gasteiger partial charge in [0.1, 0.15) is 11.9 Å². The number of hydrogen-bond acceptors (Lipinski definition) is 4. The lowest BCUT2D eigenvalue weighted by Crippen LogP contribution is -2.57. The Kier molecular flexibility index (Phi) is 4.40. The van der Waals surface area contributed by atoms with E-state index in [9.17, 15) is 9.59 Å². The van der Waals surface area contributed by atoms with Crippen molar-refractivity contribution in [3.05, 3.63) is 51.7 Å². The maximum Gasteiger partial charge on any atom is 0.346 e. The van der Waals surface area contributed by atoms with Crippen molar-refractivity contribution in [2.45, 2.75) is 44.9 Å². The van der Waals surface area contributed by atoms with Gasteiger partial charge in [0.05, 0.1) is 12.6 Å². The minimum Gasteiger partial charge on any atom is -0.378 e. The van der Waals surface area contributed by atoms with E-state index < -0.39 is 6.04 Å². The maximum atomic E-state index is 12.9. The molecule has 0 saturated carbocycles. The Hall–Kier alpha value is -2.41. The number of aryl methyl sites for hydroxylation is 2. The first kappa shape index (κ1) is 17.0. The van der Waals surface area contributed by atoms with E-state index in [1.54, 1.807) is 16.6 Å². The maximum absolute atomic E-state index is 12.9. The lowest BCUT2D eigenvalue weighted by atomic mass is 10.0. The third kappa shape index (κ3) is 2.96. The molecule has 1 aromatic carbocycles. The first-order chi connectivity index (χ1) is 12.6. The minimum atomic E-state index is -0.434. The van der Waals surface area contributed by atoms with Gasteiger partial charge in [-0.05, 0) is 25.3 Å². The van der Waals surface area contributed by atoms with Crippen molar-refractivity contribution in [1.82, 2.24) is 19.2 Å². The zero-order valence-corrected chi connectivity index (χ0v) is 15.2. The predicted octanol–water partition coefficient (Wildman–Crippen LogP) is 1.14. The Morgan fingerprint density at radius 1 is 1.27 bits per heavy atom. The molecular formula is C19H24N4O3. The molecule has 1 fully saturated rings. The van der Waals surface area contributed by atoms with Crippen LogP contribution in [-0.4, -0.2) is 51.5 Å². The Labute approximate surface area is 152 Å². The standard InChI is InChI=1S/C19H24N4O3/c1-13-6-8-14(9-7-13)10-22-19(25)23-16(4-3-5-17(23)20-22)18(24)21-11-15(12-21)26-2/h6-9,15-16H,3-5,10-12H2,1-2H3/t16-/m1/s1. The van der Waals surface area contributed by atoms with Crippen LogP contribution in [0.2, 0.25) is 0 Å². The summed E-state index contributed by atoms with van der Waals surface area (Å²) in [4.78, 5) is 27.5. The van der Waals surface area contributed by atoms with Crippen LogP contribution in [0.15, 0.2) is 29.1 Å². The molecule has 1 saturated heterocycles. The second-order valence-electron chi connectivity index (χ2n) is 7.22. The number of carbonyl (C=O) groups excluding carboxylic acids is 1. The lowest BCUT2D eigenvalue weighted by molar-refractivity contribution is -0.147. The number of likely N-dealkylation sites (tertiary alicyclic amines) is 1. The summed E-state index contributed by atoms with van der Waals surface area (Å²) in [6.45, 7) is 3.67. The molecule has 0 spiro atoms. The molecule has 1 amide bonds. The van der Waals surface area contributed by atoms with E-state index in [-0.39, 0.29) is 17.7 Å². The summed E-state index contributed by atoms with van der Waals surface area (Å²) in [5.41, 5.74) is 2.02. The fraction of sp³-hybridized carbons (Fsp3) is 0.526. The fourth-order valence-corrected chi connectivity index (χ4v) is 3.71. The van der Waals surface area contributed by atoms with Crippen molar-refractivity contribution in [2.75, 3.05) is 20.2 Å². The van der Waals surface area contributed by atoms with Gasteiger partial charge in [0.2, 0.25) is 5.91 Å². The second-order valence-corrected chi connectivity index (χ2v) is 7.22. The van der Waals surface area contributed by atoms with Gasteiger partial charge in [-0.15, -0.1) is 0 Å². The fourth-order valence-electron chi connectivity index (χ4n) is 3.71. The number of aromatic nitrogens is 3. The van der Waals surface area contributed by atoms with Crippen LogP contribution >= 0.6 is 0 Å². The molecule has 0 radical (unpaired) electrons. The molecule has 2 aromatic rings. The first-order valence-corrected chi connectivity index (χ1v) is 9.12. The molecule has 2 aliphatic heterocycles. The number of carbonyl (C=O) groups is 1. The Bertz CT molecular complexity index is 862. The van der Waals surface area contributed by atoms with Crippen LogP contribution in [0, 0.1) is 6.92 Å². The van der Waals surface area contributed by atoms with Gasteiger partial charge in [-0.2, -0.15) is 5.10 Å². The van der Waals surface area contributed by atoms with E-state index >= 15 is 0 Å². The molecule has 7 heteroatoms. The van der Waals surface area contributed by atoms with Gasteiger partial charge in [0, 0.05) is 26.6 Å². The summed E-state index contributed by atoms with van der Waals surface area (Å²) in [6.07, 6.45) is 2.42. The third-order valence-corrected chi connectivity index (χ3v) is 5.36. The smallest absolute Gasteiger partial charge is 0.346 e. The van der Waals surface area contributed by atoms with Crippen molar-refractivity contribution in [3.8, 4) is 0 Å². The van der Waals surface area contributed by atoms with E-state index in [0.29, 0.717) is 26.1 Å². The average molecular weight is 356 g/mol. The monoisotopic (exact) mass is 356 g/mol. The molecule has 1 atom stereocenters. The van der Waals surface area contributed by atoms with Crippen molar-refractivity contribution < 1.29 is 9.53 Å². The van der Waals surface area contributed by atoms with E-state index in [1.807, 2.05) is 31.2 Å². The van der Waals surface area contributed by atoms with E-state index in [2.05, 4.69) is 5.10 Å². The van der Waals surface area contributed by atoms with Crippen LogP contribution in [-0.2, 0) is 22.5 Å². The third-order valence-electron chi connectivity index (χ3n) is 5.36. The number of rotatable bonds is 4. The van der Waals surface area contributed by atoms with Crippen LogP contribution in [0.25, 0.3) is 0 Å². The largest absolute Gasteiger partial charge is 0.378 e. The quantitative estimate of drug-likeness (QED) is 0.824. The van der Waals surface area contributed by atoms with Gasteiger partial charge in [0.15, 0.2) is 0 Å². The number of nitrogens with zero attached hydrogens (tertiary/aromatic N) is 4. The summed E-state index contributed by atoms with van der Waals surface area (Å²) in [5, 5.41) is 4.51. The number of methoxy groups -OCH3 is 1. The van der Waals surface area contributed by atoms with Gasteiger partial charge in [0.25, 0.3) is 0 Å². The molecule has 0 unspecified atom stereocenters. The normalized spacial score (nSPS) is 19.9. The van der Waals surface area contributed by atoms with E-state index in [1.165, 1.54) is 10.2 Å². The molecule has 0 aliphatic carbocycles. The Balaban J connectivity index is 1.58. The molecule has 26 heavy (non-hydrogen) atoms. The van der Waals surface area contributed by atoms with Gasteiger partial charge < -0.3 is 9.64 Å². The van der Waals surface area contributed by atoms with E-state index in [4.69, 9.17) is 4.74 Å². The molecular weight excluding hydrogens is 332 g/mol. The molecule has 7 nitrogen and oxygen atoms in total. The van der Waals surface area contributed by atoms with Crippen molar-refractivity contribution in [1.29, 1.82) is 0 Å². The van der Waals surface area contributed by atoms with Gasteiger partial charge >= 0.3 is 5.69 Å². The summed E-state index contributed by atoms with van der Waals surface area (Å²) in [6, 6.07) is 7.63. The van der Waals surface area contributed by atoms with Crippen LogP contribution in [0.5, 0.6) is 0 Å². The van der Waals surface area contributed by atoms with Crippen molar-refractivity contribution in [3.63, 3.8) is 0 Å². The van der Waals surface area contributed by atoms with Gasteiger partial charge in [-0.25, -0.2) is 9.48 Å². The summed E-state index contributed by atoms with van der Waals surface area (Å²) in [5.74, 6) is 0.728. The second kappa shape index (κ2) is 6.72. The van der Waals surface area contributed by atoms with Gasteiger partial charge in [-0.1, -0.05) is 29.8 Å². The minimum absolute atomic E-state index is 0.0104. The van der Waals surface area contributed by atoms with Crippen molar-refractivity contribution in [2.24, 2.45) is 0 Å². The zero-order valence-electron chi connectivity index (χ0n) is 15.2. The first-order valence-electron chi connectivity index (χ1n) is 9.12. The Morgan fingerprint density at radius 3 is 2.69 bits per heavy atom. The SMILES string of the molecule is COC1CN(C(=O)[C@H]2CCCc3nn(Cc4ccc(C)cc4)c(=O)n32)C1. The molecule has 0 N–H and O–H groups in total. The zero-order chi connectivity index (χ0) is 18.3. The molecule has 1 aromatic heterocycles.